The summed E-state index contributed by atoms with van der Waals surface area (Å²) in [7, 11) is 0. The van der Waals surface area contributed by atoms with E-state index in [0.717, 1.165) is 0 Å². The number of hydrogen-bond acceptors (Lipinski definition) is 2. The molecule has 1 N–H and O–H groups in total. The third-order valence-corrected chi connectivity index (χ3v) is 1.93. The van der Waals surface area contributed by atoms with Crippen LogP contribution in [0.2, 0.25) is 1.41 Å². The van der Waals surface area contributed by atoms with E-state index in [1.807, 2.05) is 0 Å². The molecule has 0 fully saturated rings. The van der Waals surface area contributed by atoms with Crippen molar-refractivity contribution in [3.05, 3.63) is 35.4 Å². The lowest BCUT2D eigenvalue weighted by Crippen LogP contribution is -2.22. The summed E-state index contributed by atoms with van der Waals surface area (Å²) in [5.74, 6) is -0.914. The second-order valence-electron chi connectivity index (χ2n) is 2.76. The first-order valence-electron chi connectivity index (χ1n) is 5.00. The first-order chi connectivity index (χ1) is 7.11. The molecular weight excluding hydrogens is 166 g/mol. The molecule has 0 saturated carbocycles. The number of ketones is 1. The summed E-state index contributed by atoms with van der Waals surface area (Å²) in [6.07, 6.45) is -1.06. The summed E-state index contributed by atoms with van der Waals surface area (Å²) in [5.41, 5.74) is 0.463. The molecule has 3 nitrogen and oxygen atoms in total. The monoisotopic (exact) mass is 177 g/mol. The average molecular weight is 177 g/mol. The van der Waals surface area contributed by atoms with Crippen LogP contribution >= 0.6 is 0 Å². The molecule has 1 aromatic rings. The third kappa shape index (κ3) is 1.33. The van der Waals surface area contributed by atoms with Crippen LogP contribution < -0.4 is 5.31 Å². The molecule has 1 heterocycles. The fraction of sp³-hybridized carbons (Fsp3) is 0.200. The highest BCUT2D eigenvalue weighted by Gasteiger charge is 2.19. The first kappa shape index (κ1) is 5.91. The van der Waals surface area contributed by atoms with Crippen LogP contribution in [-0.2, 0) is 0 Å². The number of carbonyl (C=O) groups excluding carboxylic acids is 2. The molecule has 1 unspecified atom stereocenters. The predicted molar refractivity (Wildman–Crippen MR) is 47.7 cm³/mol. The number of carbonyl (C=O) groups is 2. The standard InChI is InChI=1S/C10H9NO2/c12-9-5-6-11-10(13)8-4-2-1-3-7(8)9/h1-4H,5-6H2,(H,11,13)/i5D/hD. The zero-order valence-electron chi connectivity index (χ0n) is 8.86. The molecule has 2 rings (SSSR count). The van der Waals surface area contributed by atoms with E-state index >= 15 is 0 Å². The molecule has 1 aliphatic heterocycles. The zero-order valence-corrected chi connectivity index (χ0v) is 6.86. The van der Waals surface area contributed by atoms with E-state index in [4.69, 9.17) is 2.78 Å². The fourth-order valence-electron chi connectivity index (χ4n) is 1.29. The second-order valence-corrected chi connectivity index (χ2v) is 2.76. The van der Waals surface area contributed by atoms with E-state index in [-0.39, 0.29) is 17.7 Å². The number of hydrogen-bond donors (Lipinski definition) is 1. The van der Waals surface area contributed by atoms with Gasteiger partial charge in [-0.2, -0.15) is 0 Å². The van der Waals surface area contributed by atoms with E-state index < -0.39 is 18.1 Å². The average Bonchev–Trinajstić information content (AvgIpc) is 2.33. The van der Waals surface area contributed by atoms with Crippen LogP contribution in [0.3, 0.4) is 0 Å². The van der Waals surface area contributed by atoms with Crippen molar-refractivity contribution in [2.24, 2.45) is 0 Å². The minimum Gasteiger partial charge on any atom is -0.352 e. The van der Waals surface area contributed by atoms with Gasteiger partial charge in [-0.05, 0) is 6.07 Å². The molecule has 0 aromatic heterocycles. The Hall–Kier alpha value is -1.64. The van der Waals surface area contributed by atoms with Gasteiger partial charge in [0.05, 0.1) is 5.56 Å². The van der Waals surface area contributed by atoms with Crippen LogP contribution in [-0.4, -0.2) is 18.2 Å². The van der Waals surface area contributed by atoms with Crippen molar-refractivity contribution in [3.8, 4) is 0 Å². The van der Waals surface area contributed by atoms with Crippen LogP contribution in [0.4, 0.5) is 0 Å². The van der Waals surface area contributed by atoms with Gasteiger partial charge in [0.15, 0.2) is 7.20 Å². The summed E-state index contributed by atoms with van der Waals surface area (Å²) in [4.78, 5) is 23.3. The Morgan fingerprint density at radius 3 is 2.77 bits per heavy atom. The summed E-state index contributed by atoms with van der Waals surface area (Å²) >= 11 is 0. The van der Waals surface area contributed by atoms with Crippen molar-refractivity contribution in [3.63, 3.8) is 0 Å². The Balaban J connectivity index is 2.59. The van der Waals surface area contributed by atoms with E-state index in [9.17, 15) is 9.59 Å². The maximum absolute atomic E-state index is 11.7. The SMILES string of the molecule is [2H]C1CN([2H])C(=O)c2ccccc2C1=O. The molecule has 1 atom stereocenters. The van der Waals surface area contributed by atoms with Crippen molar-refractivity contribution in [2.75, 3.05) is 6.54 Å². The van der Waals surface area contributed by atoms with Gasteiger partial charge in [0.2, 0.25) is 0 Å². The van der Waals surface area contributed by atoms with E-state index in [1.54, 1.807) is 12.1 Å². The largest absolute Gasteiger partial charge is 0.352 e. The normalized spacial score (nSPS) is 24.6. The number of fused-ring (bicyclic) bond motifs is 1. The van der Waals surface area contributed by atoms with Crippen LogP contribution in [0.5, 0.6) is 0 Å². The first-order valence-corrected chi connectivity index (χ1v) is 3.97. The Labute approximate surface area is 78.6 Å². The Morgan fingerprint density at radius 1 is 1.31 bits per heavy atom. The lowest BCUT2D eigenvalue weighted by molar-refractivity contribution is 0.0956. The van der Waals surface area contributed by atoms with Gasteiger partial charge in [-0.15, -0.1) is 0 Å². The maximum atomic E-state index is 11.7. The highest BCUT2D eigenvalue weighted by Crippen LogP contribution is 2.13. The third-order valence-electron chi connectivity index (χ3n) is 1.93. The molecule has 0 bridgehead atoms. The number of benzene rings is 1. The Morgan fingerprint density at radius 2 is 2.00 bits per heavy atom. The predicted octanol–water partition coefficient (Wildman–Crippen LogP) is 1.00. The lowest BCUT2D eigenvalue weighted by atomic mass is 10.0. The van der Waals surface area contributed by atoms with Gasteiger partial charge in [0, 0.05) is 19.9 Å². The molecule has 0 radical (unpaired) electrons. The van der Waals surface area contributed by atoms with Crippen molar-refractivity contribution in [1.82, 2.24) is 5.31 Å². The second kappa shape index (κ2) is 3.01. The van der Waals surface area contributed by atoms with Crippen molar-refractivity contribution >= 4 is 11.7 Å². The summed E-state index contributed by atoms with van der Waals surface area (Å²) in [6, 6.07) is 6.32. The highest BCUT2D eigenvalue weighted by atomic mass is 16.2. The van der Waals surface area contributed by atoms with Crippen LogP contribution in [0.25, 0.3) is 0 Å². The molecule has 1 aromatic carbocycles. The van der Waals surface area contributed by atoms with Gasteiger partial charge >= 0.3 is 0 Å². The zero-order chi connectivity index (χ0) is 11.0. The number of Topliss-reactive ketones (excluding diaryl/α,β-unsaturated/α-hetero) is 1. The van der Waals surface area contributed by atoms with E-state index in [0.29, 0.717) is 5.31 Å². The van der Waals surface area contributed by atoms with E-state index in [1.165, 1.54) is 12.1 Å². The minimum absolute atomic E-state index is 0.174. The molecule has 0 spiro atoms. The van der Waals surface area contributed by atoms with Crippen LogP contribution in [0.15, 0.2) is 24.3 Å². The minimum atomic E-state index is -1.06. The summed E-state index contributed by atoms with van der Waals surface area (Å²) < 4.78 is 14.9. The molecule has 0 saturated heterocycles. The Bertz CT molecular complexity index is 394. The highest BCUT2D eigenvalue weighted by molar-refractivity contribution is 6.09. The molecule has 66 valence electrons. The van der Waals surface area contributed by atoms with Crippen LogP contribution in [0.1, 0.15) is 28.5 Å². The molecule has 1 aliphatic rings. The quantitative estimate of drug-likeness (QED) is 0.642. The number of amides is 1. The molecule has 13 heavy (non-hydrogen) atoms. The number of rotatable bonds is 0. The smallest absolute Gasteiger partial charge is 0.252 e. The van der Waals surface area contributed by atoms with Gasteiger partial charge in [-0.1, -0.05) is 18.2 Å². The Kier molecular flexibility index (Phi) is 1.37. The van der Waals surface area contributed by atoms with Gasteiger partial charge in [-0.25, -0.2) is 0 Å². The molecule has 0 aliphatic carbocycles. The summed E-state index contributed by atoms with van der Waals surface area (Å²) in [6.45, 7) is -0.174. The van der Waals surface area contributed by atoms with Crippen molar-refractivity contribution in [1.29, 1.82) is 0 Å². The molecule has 3 heteroatoms. The van der Waals surface area contributed by atoms with Gasteiger partial charge in [-0.3, -0.25) is 9.59 Å². The fourth-order valence-corrected chi connectivity index (χ4v) is 1.29. The molecule has 1 amide bonds. The van der Waals surface area contributed by atoms with Gasteiger partial charge in [0.1, 0.15) is 0 Å². The lowest BCUT2D eigenvalue weighted by Gasteiger charge is -2.00. The van der Waals surface area contributed by atoms with Gasteiger partial charge in [0.25, 0.3) is 5.91 Å². The van der Waals surface area contributed by atoms with Crippen LogP contribution in [0, 0.1) is 0 Å². The topological polar surface area (TPSA) is 46.2 Å². The van der Waals surface area contributed by atoms with Gasteiger partial charge < -0.3 is 5.31 Å². The maximum Gasteiger partial charge on any atom is 0.252 e. The summed E-state index contributed by atoms with van der Waals surface area (Å²) in [5, 5.41) is 0.668. The number of nitrogens with one attached hydrogen (secondary N) is 1. The molecular formula is C10H9NO2. The van der Waals surface area contributed by atoms with Crippen molar-refractivity contribution < 1.29 is 12.4 Å². The van der Waals surface area contributed by atoms with E-state index in [2.05, 4.69) is 0 Å². The van der Waals surface area contributed by atoms with Crippen molar-refractivity contribution in [2.45, 2.75) is 6.40 Å².